The number of amides is 2. The second kappa shape index (κ2) is 10.5. The number of hydrogen-bond acceptors (Lipinski definition) is 8. The first-order chi connectivity index (χ1) is 15.8. The molecule has 1 fully saturated rings. The third-order valence-corrected chi connectivity index (χ3v) is 6.85. The highest BCUT2D eigenvalue weighted by atomic mass is 32.2. The molecule has 1 aliphatic rings. The van der Waals surface area contributed by atoms with Crippen molar-refractivity contribution in [1.29, 1.82) is 0 Å². The number of morpholine rings is 1. The van der Waals surface area contributed by atoms with Gasteiger partial charge in [-0.3, -0.25) is 20.4 Å². The van der Waals surface area contributed by atoms with E-state index in [1.165, 1.54) is 62.0 Å². The van der Waals surface area contributed by atoms with Gasteiger partial charge in [0.05, 0.1) is 39.4 Å². The Labute approximate surface area is 191 Å². The van der Waals surface area contributed by atoms with Crippen molar-refractivity contribution in [2.24, 2.45) is 0 Å². The number of benzene rings is 2. The molecule has 33 heavy (non-hydrogen) atoms. The molecule has 0 radical (unpaired) electrons. The van der Waals surface area contributed by atoms with Crippen LogP contribution >= 0.6 is 0 Å². The van der Waals surface area contributed by atoms with Gasteiger partial charge >= 0.3 is 0 Å². The van der Waals surface area contributed by atoms with Crippen molar-refractivity contribution in [3.8, 4) is 17.2 Å². The van der Waals surface area contributed by atoms with E-state index in [0.29, 0.717) is 19.0 Å². The summed E-state index contributed by atoms with van der Waals surface area (Å²) >= 11 is 0. The largest absolute Gasteiger partial charge is 0.493 e. The number of ether oxygens (including phenoxy) is 4. The van der Waals surface area contributed by atoms with Crippen LogP contribution in [0.3, 0.4) is 0 Å². The summed E-state index contributed by atoms with van der Waals surface area (Å²) < 4.78 is 47.5. The lowest BCUT2D eigenvalue weighted by atomic mass is 10.1. The lowest BCUT2D eigenvalue weighted by Crippen LogP contribution is -2.41. The lowest BCUT2D eigenvalue weighted by molar-refractivity contribution is 0.0730. The molecule has 0 saturated carbocycles. The molecule has 1 aliphatic heterocycles. The number of hydrazine groups is 1. The number of carbonyl (C=O) groups is 2. The molecule has 0 atom stereocenters. The van der Waals surface area contributed by atoms with Gasteiger partial charge in [-0.05, 0) is 36.4 Å². The quantitative estimate of drug-likeness (QED) is 0.558. The molecule has 12 heteroatoms. The summed E-state index contributed by atoms with van der Waals surface area (Å²) in [4.78, 5) is 25.0. The molecule has 2 N–H and O–H groups in total. The van der Waals surface area contributed by atoms with Crippen LogP contribution in [0.4, 0.5) is 0 Å². The first-order valence-corrected chi connectivity index (χ1v) is 11.3. The summed E-state index contributed by atoms with van der Waals surface area (Å²) in [5, 5.41) is 0. The maximum absolute atomic E-state index is 12.7. The Morgan fingerprint density at radius 3 is 1.85 bits per heavy atom. The summed E-state index contributed by atoms with van der Waals surface area (Å²) in [5.74, 6) is -0.344. The van der Waals surface area contributed by atoms with E-state index < -0.39 is 21.8 Å². The van der Waals surface area contributed by atoms with Gasteiger partial charge in [0.25, 0.3) is 11.8 Å². The lowest BCUT2D eigenvalue weighted by Gasteiger charge is -2.26. The minimum atomic E-state index is -3.67. The average molecular weight is 480 g/mol. The zero-order chi connectivity index (χ0) is 24.0. The first-order valence-electron chi connectivity index (χ1n) is 9.90. The number of rotatable bonds is 7. The molecule has 0 aromatic heterocycles. The maximum atomic E-state index is 12.7. The van der Waals surface area contributed by atoms with E-state index in [1.807, 2.05) is 0 Å². The fourth-order valence-corrected chi connectivity index (χ4v) is 4.59. The molecule has 2 aromatic rings. The van der Waals surface area contributed by atoms with Crippen molar-refractivity contribution in [2.45, 2.75) is 4.90 Å². The molecule has 3 rings (SSSR count). The molecule has 0 unspecified atom stereocenters. The van der Waals surface area contributed by atoms with E-state index in [2.05, 4.69) is 10.9 Å². The molecule has 2 aromatic carbocycles. The fraction of sp³-hybridized carbons (Fsp3) is 0.333. The Kier molecular flexibility index (Phi) is 7.74. The molecule has 0 spiro atoms. The van der Waals surface area contributed by atoms with Crippen LogP contribution in [0.25, 0.3) is 0 Å². The standard InChI is InChI=1S/C21H25N3O8S/c1-29-17-12-15(13-18(30-2)19(17)31-3)21(26)23-22-20(25)14-4-6-16(7-5-14)33(27,28)24-8-10-32-11-9-24/h4-7,12-13H,8-11H2,1-3H3,(H,22,25)(H,23,26). The molecular formula is C21H25N3O8S. The number of methoxy groups -OCH3 is 3. The van der Waals surface area contributed by atoms with Crippen molar-refractivity contribution in [2.75, 3.05) is 47.6 Å². The monoisotopic (exact) mass is 479 g/mol. The fourth-order valence-electron chi connectivity index (χ4n) is 3.18. The first kappa shape index (κ1) is 24.3. The van der Waals surface area contributed by atoms with E-state index in [0.717, 1.165) is 0 Å². The predicted octanol–water partition coefficient (Wildman–Crippen LogP) is 0.808. The van der Waals surface area contributed by atoms with E-state index >= 15 is 0 Å². The zero-order valence-electron chi connectivity index (χ0n) is 18.4. The number of sulfonamides is 1. The summed E-state index contributed by atoms with van der Waals surface area (Å²) in [6.45, 7) is 1.23. The molecule has 0 bridgehead atoms. The summed E-state index contributed by atoms with van der Waals surface area (Å²) in [6, 6.07) is 8.31. The number of carbonyl (C=O) groups excluding carboxylic acids is 2. The highest BCUT2D eigenvalue weighted by Gasteiger charge is 2.26. The van der Waals surface area contributed by atoms with Crippen LogP contribution in [-0.2, 0) is 14.8 Å². The molecule has 1 saturated heterocycles. The summed E-state index contributed by atoms with van der Waals surface area (Å²) in [6.07, 6.45) is 0. The summed E-state index contributed by atoms with van der Waals surface area (Å²) in [5.41, 5.74) is 4.93. The summed E-state index contributed by atoms with van der Waals surface area (Å²) in [7, 11) is 0.616. The third kappa shape index (κ3) is 5.35. The van der Waals surface area contributed by atoms with Crippen LogP contribution in [0.15, 0.2) is 41.3 Å². The van der Waals surface area contributed by atoms with Gasteiger partial charge in [0.15, 0.2) is 11.5 Å². The smallest absolute Gasteiger partial charge is 0.269 e. The van der Waals surface area contributed by atoms with Gasteiger partial charge < -0.3 is 18.9 Å². The van der Waals surface area contributed by atoms with Gasteiger partial charge in [0.1, 0.15) is 0 Å². The third-order valence-electron chi connectivity index (χ3n) is 4.94. The van der Waals surface area contributed by atoms with E-state index in [1.54, 1.807) is 0 Å². The number of nitrogens with zero attached hydrogens (tertiary/aromatic N) is 1. The van der Waals surface area contributed by atoms with Gasteiger partial charge in [-0.1, -0.05) is 0 Å². The van der Waals surface area contributed by atoms with Crippen LogP contribution < -0.4 is 25.1 Å². The van der Waals surface area contributed by atoms with Crippen molar-refractivity contribution >= 4 is 21.8 Å². The van der Waals surface area contributed by atoms with Crippen molar-refractivity contribution in [3.63, 3.8) is 0 Å². The minimum absolute atomic E-state index is 0.0717. The van der Waals surface area contributed by atoms with Crippen LogP contribution in [0.5, 0.6) is 17.2 Å². The minimum Gasteiger partial charge on any atom is -0.493 e. The molecule has 1 heterocycles. The Bertz CT molecular complexity index is 1090. The van der Waals surface area contributed by atoms with Crippen LogP contribution in [0.2, 0.25) is 0 Å². The van der Waals surface area contributed by atoms with Crippen molar-refractivity contribution in [3.05, 3.63) is 47.5 Å². The van der Waals surface area contributed by atoms with Crippen molar-refractivity contribution in [1.82, 2.24) is 15.2 Å². The number of nitrogens with one attached hydrogen (secondary N) is 2. The van der Waals surface area contributed by atoms with Crippen LogP contribution in [0, 0.1) is 0 Å². The Morgan fingerprint density at radius 2 is 1.36 bits per heavy atom. The van der Waals surface area contributed by atoms with Crippen LogP contribution in [-0.4, -0.2) is 72.2 Å². The molecule has 2 amide bonds. The highest BCUT2D eigenvalue weighted by molar-refractivity contribution is 7.89. The Morgan fingerprint density at radius 1 is 0.848 bits per heavy atom. The Hall–Kier alpha value is -3.35. The van der Waals surface area contributed by atoms with Gasteiger partial charge in [-0.2, -0.15) is 4.31 Å². The molecule has 178 valence electrons. The topological polar surface area (TPSA) is 132 Å². The maximum Gasteiger partial charge on any atom is 0.269 e. The highest BCUT2D eigenvalue weighted by Crippen LogP contribution is 2.38. The molecule has 11 nitrogen and oxygen atoms in total. The van der Waals surface area contributed by atoms with Gasteiger partial charge in [0.2, 0.25) is 15.8 Å². The predicted molar refractivity (Wildman–Crippen MR) is 117 cm³/mol. The van der Waals surface area contributed by atoms with Crippen molar-refractivity contribution < 1.29 is 37.0 Å². The van der Waals surface area contributed by atoms with E-state index in [9.17, 15) is 18.0 Å². The van der Waals surface area contributed by atoms with Crippen LogP contribution in [0.1, 0.15) is 20.7 Å². The van der Waals surface area contributed by atoms with Gasteiger partial charge in [0, 0.05) is 24.2 Å². The van der Waals surface area contributed by atoms with Gasteiger partial charge in [-0.15, -0.1) is 0 Å². The normalized spacial score (nSPS) is 14.3. The second-order valence-electron chi connectivity index (χ2n) is 6.86. The van der Waals surface area contributed by atoms with E-state index in [-0.39, 0.29) is 40.6 Å². The average Bonchev–Trinajstić information content (AvgIpc) is 2.86. The second-order valence-corrected chi connectivity index (χ2v) is 8.80. The molecular weight excluding hydrogens is 454 g/mol. The van der Waals surface area contributed by atoms with Gasteiger partial charge in [-0.25, -0.2) is 8.42 Å². The SMILES string of the molecule is COc1cc(C(=O)NNC(=O)c2ccc(S(=O)(=O)N3CCOCC3)cc2)cc(OC)c1OC. The number of hydrogen-bond donors (Lipinski definition) is 2. The van der Waals surface area contributed by atoms with E-state index in [4.69, 9.17) is 18.9 Å². The Balaban J connectivity index is 1.67. The zero-order valence-corrected chi connectivity index (χ0v) is 19.2. The molecule has 0 aliphatic carbocycles.